The van der Waals surface area contributed by atoms with Gasteiger partial charge in [-0.3, -0.25) is 9.48 Å². The van der Waals surface area contributed by atoms with Crippen molar-refractivity contribution in [3.63, 3.8) is 0 Å². The maximum absolute atomic E-state index is 12.6. The Morgan fingerprint density at radius 2 is 1.95 bits per heavy atom. The molecule has 0 aliphatic carbocycles. The fourth-order valence-corrected chi connectivity index (χ4v) is 2.73. The van der Waals surface area contributed by atoms with Crippen molar-refractivity contribution in [3.8, 4) is 5.69 Å². The summed E-state index contributed by atoms with van der Waals surface area (Å²) in [5, 5.41) is 0.547. The van der Waals surface area contributed by atoms with Crippen LogP contribution in [0, 0.1) is 5.92 Å². The third-order valence-electron chi connectivity index (χ3n) is 3.40. The Hall–Kier alpha value is -1.68. The lowest BCUT2D eigenvalue weighted by Crippen LogP contribution is -2.23. The lowest BCUT2D eigenvalue weighted by Gasteiger charge is -2.16. The summed E-state index contributed by atoms with van der Waals surface area (Å²) in [5.74, 6) is 0.428. The number of hydrogen-bond donors (Lipinski definition) is 1. The second kappa shape index (κ2) is 6.39. The molecule has 0 amide bonds. The molecule has 4 nitrogen and oxygen atoms in total. The Bertz CT molecular complexity index is 685. The molecule has 0 bridgehead atoms. The number of hydrogen-bond acceptors (Lipinski definition) is 2. The van der Waals surface area contributed by atoms with E-state index in [0.29, 0.717) is 22.3 Å². The summed E-state index contributed by atoms with van der Waals surface area (Å²) < 4.78 is 3.58. The minimum atomic E-state index is -0.188. The lowest BCUT2D eigenvalue weighted by atomic mass is 10.1. The van der Waals surface area contributed by atoms with E-state index in [0.717, 1.165) is 25.1 Å². The van der Waals surface area contributed by atoms with Gasteiger partial charge in [0.25, 0.3) is 5.56 Å². The summed E-state index contributed by atoms with van der Waals surface area (Å²) in [6.07, 6.45) is 1.70. The van der Waals surface area contributed by atoms with E-state index in [9.17, 15) is 4.79 Å². The first kappa shape index (κ1) is 15.7. The second-order valence-electron chi connectivity index (χ2n) is 5.65. The minimum Gasteiger partial charge on any atom is -0.393 e. The van der Waals surface area contributed by atoms with Gasteiger partial charge in [0, 0.05) is 6.54 Å². The number of nitrogens with zero attached hydrogens (tertiary/aromatic N) is 2. The molecule has 2 rings (SSSR count). The summed E-state index contributed by atoms with van der Waals surface area (Å²) in [4.78, 5) is 12.6. The zero-order chi connectivity index (χ0) is 15.6. The summed E-state index contributed by atoms with van der Waals surface area (Å²) in [5.41, 5.74) is 7.80. The predicted octanol–water partition coefficient (Wildman–Crippen LogP) is 3.48. The molecule has 1 aromatic heterocycles. The number of anilines is 1. The number of rotatable bonds is 5. The quantitative estimate of drug-likeness (QED) is 0.919. The van der Waals surface area contributed by atoms with Gasteiger partial charge in [0.1, 0.15) is 5.69 Å². The summed E-state index contributed by atoms with van der Waals surface area (Å²) in [7, 11) is 0. The first-order chi connectivity index (χ1) is 9.97. The average Bonchev–Trinajstić information content (AvgIpc) is 2.65. The maximum Gasteiger partial charge on any atom is 0.294 e. The van der Waals surface area contributed by atoms with Crippen LogP contribution in [0.5, 0.6) is 0 Å². The Morgan fingerprint density at radius 3 is 2.52 bits per heavy atom. The van der Waals surface area contributed by atoms with Gasteiger partial charge in [-0.25, -0.2) is 4.68 Å². The van der Waals surface area contributed by atoms with Crippen LogP contribution in [0.25, 0.3) is 5.69 Å². The number of nitrogens with two attached hydrogens (primary N) is 1. The Balaban J connectivity index is 2.71. The van der Waals surface area contributed by atoms with Crippen LogP contribution < -0.4 is 11.3 Å². The predicted molar refractivity (Wildman–Crippen MR) is 88.3 cm³/mol. The van der Waals surface area contributed by atoms with E-state index in [-0.39, 0.29) is 5.56 Å². The third-order valence-corrected chi connectivity index (χ3v) is 3.72. The Kier molecular flexibility index (Phi) is 4.78. The molecule has 2 aromatic rings. The highest BCUT2D eigenvalue weighted by molar-refractivity contribution is 6.32. The summed E-state index contributed by atoms with van der Waals surface area (Å²) >= 11 is 6.26. The van der Waals surface area contributed by atoms with Crippen molar-refractivity contribution in [3.05, 3.63) is 45.3 Å². The van der Waals surface area contributed by atoms with Gasteiger partial charge < -0.3 is 5.73 Å². The van der Waals surface area contributed by atoms with E-state index >= 15 is 0 Å². The van der Waals surface area contributed by atoms with Crippen molar-refractivity contribution >= 4 is 17.3 Å². The fraction of sp³-hybridized carbons (Fsp3) is 0.438. The lowest BCUT2D eigenvalue weighted by molar-refractivity contribution is 0.494. The summed E-state index contributed by atoms with van der Waals surface area (Å²) in [6, 6.07) is 7.34. The van der Waals surface area contributed by atoms with Crippen LogP contribution in [-0.4, -0.2) is 9.36 Å². The number of aromatic nitrogens is 2. The van der Waals surface area contributed by atoms with Gasteiger partial charge in [-0.2, -0.15) is 0 Å². The molecule has 0 atom stereocenters. The molecule has 1 aromatic carbocycles. The van der Waals surface area contributed by atoms with E-state index in [2.05, 4.69) is 20.8 Å². The minimum absolute atomic E-state index is 0.188. The Labute approximate surface area is 130 Å². The van der Waals surface area contributed by atoms with Crippen LogP contribution in [0.3, 0.4) is 0 Å². The average molecular weight is 308 g/mol. The molecule has 21 heavy (non-hydrogen) atoms. The Morgan fingerprint density at radius 1 is 1.29 bits per heavy atom. The SMILES string of the molecule is CCCn1c(CC(C)C)c(N)c(=O)n1-c1ccccc1Cl. The molecule has 0 radical (unpaired) electrons. The number of benzene rings is 1. The molecule has 0 aliphatic heterocycles. The van der Waals surface area contributed by atoms with Crippen molar-refractivity contribution in [1.29, 1.82) is 0 Å². The van der Waals surface area contributed by atoms with Crippen LogP contribution >= 0.6 is 11.6 Å². The maximum atomic E-state index is 12.6. The molecule has 0 fully saturated rings. The highest BCUT2D eigenvalue weighted by atomic mass is 35.5. The topological polar surface area (TPSA) is 52.9 Å². The highest BCUT2D eigenvalue weighted by Crippen LogP contribution is 2.22. The van der Waals surface area contributed by atoms with Crippen LogP contribution in [0.2, 0.25) is 5.02 Å². The van der Waals surface area contributed by atoms with Crippen LogP contribution in [0.4, 0.5) is 5.69 Å². The largest absolute Gasteiger partial charge is 0.393 e. The van der Waals surface area contributed by atoms with Gasteiger partial charge in [0.2, 0.25) is 0 Å². The molecule has 0 unspecified atom stereocenters. The highest BCUT2D eigenvalue weighted by Gasteiger charge is 2.20. The molecule has 114 valence electrons. The van der Waals surface area contributed by atoms with Crippen molar-refractivity contribution in [2.24, 2.45) is 5.92 Å². The van der Waals surface area contributed by atoms with Crippen molar-refractivity contribution in [1.82, 2.24) is 9.36 Å². The monoisotopic (exact) mass is 307 g/mol. The zero-order valence-electron chi connectivity index (χ0n) is 12.8. The number of halogens is 1. The van der Waals surface area contributed by atoms with Gasteiger partial charge >= 0.3 is 0 Å². The molecule has 0 spiro atoms. The molecule has 0 aliphatic rings. The molecule has 1 heterocycles. The van der Waals surface area contributed by atoms with Crippen LogP contribution in [-0.2, 0) is 13.0 Å². The normalized spacial score (nSPS) is 11.3. The van der Waals surface area contributed by atoms with Gasteiger partial charge in [-0.1, -0.05) is 44.5 Å². The van der Waals surface area contributed by atoms with E-state index in [1.165, 1.54) is 0 Å². The number of para-hydroxylation sites is 1. The standard InChI is InChI=1S/C16H22ClN3O/c1-4-9-19-14(10-11(2)3)15(18)16(21)20(19)13-8-6-5-7-12(13)17/h5-8,11H,4,9-10,18H2,1-3H3. The fourth-order valence-electron chi connectivity index (χ4n) is 2.52. The van der Waals surface area contributed by atoms with Crippen molar-refractivity contribution in [2.75, 3.05) is 5.73 Å². The zero-order valence-corrected chi connectivity index (χ0v) is 13.5. The second-order valence-corrected chi connectivity index (χ2v) is 6.06. The van der Waals surface area contributed by atoms with Crippen LogP contribution in [0.15, 0.2) is 29.1 Å². The first-order valence-corrected chi connectivity index (χ1v) is 7.70. The van der Waals surface area contributed by atoms with Gasteiger partial charge in [-0.15, -0.1) is 0 Å². The molecular formula is C16H22ClN3O. The van der Waals surface area contributed by atoms with Crippen molar-refractivity contribution in [2.45, 2.75) is 40.2 Å². The van der Waals surface area contributed by atoms with Crippen molar-refractivity contribution < 1.29 is 0 Å². The van der Waals surface area contributed by atoms with E-state index in [4.69, 9.17) is 17.3 Å². The molecule has 2 N–H and O–H groups in total. The van der Waals surface area contributed by atoms with Crippen LogP contribution in [0.1, 0.15) is 32.9 Å². The molecule has 0 saturated heterocycles. The smallest absolute Gasteiger partial charge is 0.294 e. The molecule has 0 saturated carbocycles. The molecular weight excluding hydrogens is 286 g/mol. The van der Waals surface area contributed by atoms with Gasteiger partial charge in [0.15, 0.2) is 0 Å². The molecule has 5 heteroatoms. The summed E-state index contributed by atoms with van der Waals surface area (Å²) in [6.45, 7) is 7.05. The third kappa shape index (κ3) is 3.00. The van der Waals surface area contributed by atoms with E-state index in [1.54, 1.807) is 10.7 Å². The van der Waals surface area contributed by atoms with E-state index in [1.807, 2.05) is 22.9 Å². The number of nitrogen functional groups attached to an aromatic ring is 1. The first-order valence-electron chi connectivity index (χ1n) is 7.32. The van der Waals surface area contributed by atoms with E-state index < -0.39 is 0 Å². The van der Waals surface area contributed by atoms with Gasteiger partial charge in [-0.05, 0) is 30.9 Å². The van der Waals surface area contributed by atoms with Gasteiger partial charge in [0.05, 0.1) is 16.4 Å².